The molecule has 0 amide bonds. The number of rotatable bonds is 23. The molecular formula is C35H62O7. The van der Waals surface area contributed by atoms with Crippen molar-refractivity contribution in [3.05, 3.63) is 11.6 Å². The van der Waals surface area contributed by atoms with Crippen molar-refractivity contribution in [2.24, 2.45) is 0 Å². The second kappa shape index (κ2) is 20.1. The summed E-state index contributed by atoms with van der Waals surface area (Å²) in [6.45, 7) is 4.08. The van der Waals surface area contributed by atoms with E-state index in [0.717, 1.165) is 108 Å². The highest BCUT2D eigenvalue weighted by Gasteiger charge is 2.40. The lowest BCUT2D eigenvalue weighted by atomic mass is 10.00. The van der Waals surface area contributed by atoms with Crippen LogP contribution in [-0.4, -0.2) is 70.1 Å². The van der Waals surface area contributed by atoms with E-state index in [9.17, 15) is 20.1 Å². The number of ether oxygens (including phenoxy) is 3. The van der Waals surface area contributed by atoms with Crippen molar-refractivity contribution >= 4 is 5.97 Å². The van der Waals surface area contributed by atoms with Gasteiger partial charge in [0.1, 0.15) is 6.10 Å². The number of aliphatic hydroxyl groups excluding tert-OH is 3. The monoisotopic (exact) mass is 594 g/mol. The fourth-order valence-electron chi connectivity index (χ4n) is 6.92. The van der Waals surface area contributed by atoms with Gasteiger partial charge in [-0.15, -0.1) is 0 Å². The van der Waals surface area contributed by atoms with E-state index in [1.54, 1.807) is 0 Å². The second-order valence-corrected chi connectivity index (χ2v) is 13.3. The average Bonchev–Trinajstić information content (AvgIpc) is 3.72. The van der Waals surface area contributed by atoms with Gasteiger partial charge in [0.2, 0.25) is 0 Å². The number of hydrogen-bond donors (Lipinski definition) is 3. The summed E-state index contributed by atoms with van der Waals surface area (Å²) >= 11 is 0. The van der Waals surface area contributed by atoms with Crippen LogP contribution in [0.2, 0.25) is 0 Å². The van der Waals surface area contributed by atoms with Crippen LogP contribution in [0.15, 0.2) is 11.6 Å². The number of carbonyl (C=O) groups is 1. The molecule has 2 fully saturated rings. The SMILES string of the molecule is CCCCCC(O)CCCC[C@H](O)[C@H]1CC[C@H]([C@H]2CC[C@H]([C@H](O)CCCCCCCCCCC3=CC(C)OC3=O)O2)O1. The number of carbonyl (C=O) groups excluding carboxylic acids is 1. The van der Waals surface area contributed by atoms with Gasteiger partial charge in [-0.2, -0.15) is 0 Å². The molecule has 244 valence electrons. The lowest BCUT2D eigenvalue weighted by Gasteiger charge is -2.24. The lowest BCUT2D eigenvalue weighted by Crippen LogP contribution is -2.33. The summed E-state index contributed by atoms with van der Waals surface area (Å²) in [4.78, 5) is 11.6. The van der Waals surface area contributed by atoms with Gasteiger partial charge in [0, 0.05) is 5.57 Å². The highest BCUT2D eigenvalue weighted by Crippen LogP contribution is 2.34. The highest BCUT2D eigenvalue weighted by atomic mass is 16.6. The van der Waals surface area contributed by atoms with Gasteiger partial charge < -0.3 is 29.5 Å². The number of aliphatic hydroxyl groups is 3. The zero-order valence-corrected chi connectivity index (χ0v) is 26.7. The normalized spacial score (nSPS) is 28.2. The first-order chi connectivity index (χ1) is 20.4. The van der Waals surface area contributed by atoms with Crippen LogP contribution in [0.3, 0.4) is 0 Å². The fourth-order valence-corrected chi connectivity index (χ4v) is 6.92. The summed E-state index contributed by atoms with van der Waals surface area (Å²) in [6, 6.07) is 0. The van der Waals surface area contributed by atoms with Crippen molar-refractivity contribution < 1.29 is 34.3 Å². The van der Waals surface area contributed by atoms with Crippen molar-refractivity contribution in [3.8, 4) is 0 Å². The molecule has 7 heteroatoms. The second-order valence-electron chi connectivity index (χ2n) is 13.3. The topological polar surface area (TPSA) is 105 Å². The largest absolute Gasteiger partial charge is 0.455 e. The van der Waals surface area contributed by atoms with E-state index in [4.69, 9.17) is 14.2 Å². The molecule has 0 saturated carbocycles. The predicted octanol–water partition coefficient (Wildman–Crippen LogP) is 7.08. The van der Waals surface area contributed by atoms with E-state index < -0.39 is 12.2 Å². The Morgan fingerprint density at radius 3 is 1.69 bits per heavy atom. The summed E-state index contributed by atoms with van der Waals surface area (Å²) in [5.41, 5.74) is 0.851. The van der Waals surface area contributed by atoms with Crippen molar-refractivity contribution in [1.82, 2.24) is 0 Å². The Morgan fingerprint density at radius 1 is 0.690 bits per heavy atom. The molecule has 8 atom stereocenters. The molecule has 0 aromatic carbocycles. The third-order valence-corrected chi connectivity index (χ3v) is 9.56. The van der Waals surface area contributed by atoms with Gasteiger partial charge >= 0.3 is 5.97 Å². The summed E-state index contributed by atoms with van der Waals surface area (Å²) in [6.07, 6.45) is 22.9. The first-order valence-corrected chi connectivity index (χ1v) is 17.6. The average molecular weight is 595 g/mol. The van der Waals surface area contributed by atoms with Crippen LogP contribution in [0.5, 0.6) is 0 Å². The van der Waals surface area contributed by atoms with Crippen molar-refractivity contribution in [2.75, 3.05) is 0 Å². The van der Waals surface area contributed by atoms with Gasteiger partial charge in [-0.1, -0.05) is 84.0 Å². The summed E-state index contributed by atoms with van der Waals surface area (Å²) in [7, 11) is 0. The van der Waals surface area contributed by atoms with Gasteiger partial charge in [0.25, 0.3) is 0 Å². The van der Waals surface area contributed by atoms with Crippen LogP contribution < -0.4 is 0 Å². The maximum Gasteiger partial charge on any atom is 0.334 e. The van der Waals surface area contributed by atoms with Crippen LogP contribution in [0, 0.1) is 0 Å². The van der Waals surface area contributed by atoms with Crippen LogP contribution in [-0.2, 0) is 19.0 Å². The van der Waals surface area contributed by atoms with Gasteiger partial charge in [-0.05, 0) is 77.2 Å². The molecule has 0 spiro atoms. The van der Waals surface area contributed by atoms with E-state index in [2.05, 4.69) is 6.92 Å². The molecule has 7 nitrogen and oxygen atoms in total. The Labute approximate surface area is 255 Å². The Balaban J connectivity index is 1.16. The van der Waals surface area contributed by atoms with Crippen molar-refractivity contribution in [3.63, 3.8) is 0 Å². The predicted molar refractivity (Wildman–Crippen MR) is 166 cm³/mol. The zero-order chi connectivity index (χ0) is 30.2. The molecule has 0 aromatic rings. The molecule has 42 heavy (non-hydrogen) atoms. The standard InChI is InChI=1S/C35H62O7/c1-3-4-11-17-28(36)18-14-15-20-30(38)32-22-24-34(42-32)33-23-21-31(41-33)29(37)19-13-10-8-6-5-7-9-12-16-27-25-26(2)40-35(27)39/h25-26,28-34,36-38H,3-24H2,1-2H3/t26?,28?,29-,30+,31-,32-,33-,34-/m1/s1. The van der Waals surface area contributed by atoms with E-state index in [0.29, 0.717) is 0 Å². The molecule has 3 N–H and O–H groups in total. The quantitative estimate of drug-likeness (QED) is 0.0858. The minimum absolute atomic E-state index is 0.0227. The third-order valence-electron chi connectivity index (χ3n) is 9.56. The van der Waals surface area contributed by atoms with Gasteiger partial charge in [-0.3, -0.25) is 0 Å². The number of cyclic esters (lactones) is 1. The number of unbranched alkanes of at least 4 members (excludes halogenated alkanes) is 10. The molecule has 0 bridgehead atoms. The Kier molecular flexibility index (Phi) is 17.0. The first kappa shape index (κ1) is 35.5. The van der Waals surface area contributed by atoms with Crippen molar-refractivity contribution in [2.45, 2.75) is 204 Å². The number of hydrogen-bond acceptors (Lipinski definition) is 7. The Hall–Kier alpha value is -0.990. The molecule has 3 rings (SSSR count). The van der Waals surface area contributed by atoms with Crippen LogP contribution in [0.25, 0.3) is 0 Å². The highest BCUT2D eigenvalue weighted by molar-refractivity contribution is 5.90. The summed E-state index contributed by atoms with van der Waals surface area (Å²) < 4.78 is 17.7. The van der Waals surface area contributed by atoms with Crippen LogP contribution in [0.4, 0.5) is 0 Å². The molecule has 2 saturated heterocycles. The van der Waals surface area contributed by atoms with Crippen molar-refractivity contribution in [1.29, 1.82) is 0 Å². The molecule has 3 aliphatic heterocycles. The summed E-state index contributed by atoms with van der Waals surface area (Å²) in [5, 5.41) is 31.5. The zero-order valence-electron chi connectivity index (χ0n) is 26.7. The molecule has 0 aliphatic carbocycles. The smallest absolute Gasteiger partial charge is 0.334 e. The van der Waals surface area contributed by atoms with E-state index in [1.807, 2.05) is 13.0 Å². The van der Waals surface area contributed by atoms with E-state index in [-0.39, 0.29) is 42.6 Å². The lowest BCUT2D eigenvalue weighted by molar-refractivity contribution is -0.139. The molecule has 2 unspecified atom stereocenters. The molecule has 0 radical (unpaired) electrons. The third kappa shape index (κ3) is 12.9. The fraction of sp³-hybridized carbons (Fsp3) is 0.914. The molecular weight excluding hydrogens is 532 g/mol. The maximum atomic E-state index is 11.6. The van der Waals surface area contributed by atoms with E-state index >= 15 is 0 Å². The van der Waals surface area contributed by atoms with Gasteiger partial charge in [0.05, 0.1) is 42.7 Å². The van der Waals surface area contributed by atoms with Crippen LogP contribution in [0.1, 0.15) is 155 Å². The van der Waals surface area contributed by atoms with Gasteiger partial charge in [0.15, 0.2) is 0 Å². The first-order valence-electron chi connectivity index (χ1n) is 17.6. The maximum absolute atomic E-state index is 11.6. The Morgan fingerprint density at radius 2 is 1.17 bits per heavy atom. The Bertz CT molecular complexity index is 770. The van der Waals surface area contributed by atoms with Crippen LogP contribution >= 0.6 is 0 Å². The molecule has 0 aromatic heterocycles. The molecule has 3 aliphatic rings. The van der Waals surface area contributed by atoms with Gasteiger partial charge in [-0.25, -0.2) is 4.79 Å². The van der Waals surface area contributed by atoms with E-state index in [1.165, 1.54) is 38.5 Å². The number of esters is 1. The minimum atomic E-state index is -0.450. The summed E-state index contributed by atoms with van der Waals surface area (Å²) in [5.74, 6) is -0.133. The minimum Gasteiger partial charge on any atom is -0.455 e. The molecule has 3 heterocycles.